The average molecular weight is 219 g/mol. The third-order valence-corrected chi connectivity index (χ3v) is 3.47. The van der Waals surface area contributed by atoms with Crippen molar-refractivity contribution in [2.24, 2.45) is 5.92 Å². The third kappa shape index (κ3) is 2.83. The lowest BCUT2D eigenvalue weighted by Gasteiger charge is -2.11. The number of hydrogen-bond acceptors (Lipinski definition) is 2. The van der Waals surface area contributed by atoms with Gasteiger partial charge in [0.05, 0.1) is 0 Å². The molecule has 1 saturated heterocycles. The van der Waals surface area contributed by atoms with Gasteiger partial charge in [0, 0.05) is 12.6 Å². The highest BCUT2D eigenvalue weighted by Crippen LogP contribution is 2.29. The Morgan fingerprint density at radius 1 is 1.31 bits per heavy atom. The van der Waals surface area contributed by atoms with Crippen LogP contribution in [0.2, 0.25) is 0 Å². The summed E-state index contributed by atoms with van der Waals surface area (Å²) in [5.74, 6) is 0.735. The summed E-state index contributed by atoms with van der Waals surface area (Å²) >= 11 is 0. The van der Waals surface area contributed by atoms with Crippen LogP contribution in [0.15, 0.2) is 24.3 Å². The van der Waals surface area contributed by atoms with Crippen molar-refractivity contribution in [1.29, 1.82) is 0 Å². The van der Waals surface area contributed by atoms with Crippen LogP contribution in [0.4, 0.5) is 0 Å². The summed E-state index contributed by atoms with van der Waals surface area (Å²) in [5, 5.41) is 12.4. The highest BCUT2D eigenvalue weighted by molar-refractivity contribution is 5.24. The fraction of sp³-hybridized carbons (Fsp3) is 0.571. The molecule has 2 nitrogen and oxygen atoms in total. The standard InChI is InChI=1S/C14H21NO/c1-11-4-6-13(7-5-11)14-9-12(10-15-14)3-2-8-16/h4-7,12,14-16H,2-3,8-10H2,1H3. The number of aliphatic hydroxyl groups is 1. The van der Waals surface area contributed by atoms with Crippen LogP contribution in [0.3, 0.4) is 0 Å². The van der Waals surface area contributed by atoms with Gasteiger partial charge < -0.3 is 10.4 Å². The molecule has 0 bridgehead atoms. The van der Waals surface area contributed by atoms with E-state index in [0.29, 0.717) is 12.6 Å². The van der Waals surface area contributed by atoms with Gasteiger partial charge in [0.1, 0.15) is 0 Å². The van der Waals surface area contributed by atoms with Crippen LogP contribution in [-0.2, 0) is 0 Å². The zero-order valence-corrected chi connectivity index (χ0v) is 9.95. The second-order valence-corrected chi connectivity index (χ2v) is 4.84. The van der Waals surface area contributed by atoms with E-state index in [1.165, 1.54) is 17.5 Å². The van der Waals surface area contributed by atoms with Crippen LogP contribution in [0, 0.1) is 12.8 Å². The van der Waals surface area contributed by atoms with Crippen LogP contribution in [-0.4, -0.2) is 18.3 Å². The van der Waals surface area contributed by atoms with Gasteiger partial charge in [0.15, 0.2) is 0 Å². The van der Waals surface area contributed by atoms with E-state index in [1.807, 2.05) is 0 Å². The number of nitrogens with one attached hydrogen (secondary N) is 1. The molecule has 0 aliphatic carbocycles. The molecule has 2 N–H and O–H groups in total. The zero-order valence-electron chi connectivity index (χ0n) is 9.95. The molecule has 1 aromatic rings. The van der Waals surface area contributed by atoms with Gasteiger partial charge in [-0.1, -0.05) is 29.8 Å². The highest BCUT2D eigenvalue weighted by atomic mass is 16.2. The Bertz CT molecular complexity index is 320. The number of benzene rings is 1. The summed E-state index contributed by atoms with van der Waals surface area (Å²) in [4.78, 5) is 0. The SMILES string of the molecule is Cc1ccc(C2CC(CCCO)CN2)cc1. The maximum atomic E-state index is 8.82. The fourth-order valence-electron chi connectivity index (χ4n) is 2.46. The maximum absolute atomic E-state index is 8.82. The van der Waals surface area contributed by atoms with E-state index in [4.69, 9.17) is 5.11 Å². The van der Waals surface area contributed by atoms with Crippen molar-refractivity contribution >= 4 is 0 Å². The number of aryl methyl sites for hydroxylation is 1. The van der Waals surface area contributed by atoms with E-state index in [2.05, 4.69) is 36.5 Å². The lowest BCUT2D eigenvalue weighted by atomic mass is 9.96. The normalized spacial score (nSPS) is 24.9. The monoisotopic (exact) mass is 219 g/mol. The molecule has 1 aliphatic rings. The molecule has 2 heteroatoms. The van der Waals surface area contributed by atoms with Gasteiger partial charge in [-0.25, -0.2) is 0 Å². The molecule has 1 aromatic carbocycles. The predicted molar refractivity (Wildman–Crippen MR) is 66.3 cm³/mol. The van der Waals surface area contributed by atoms with Gasteiger partial charge in [-0.3, -0.25) is 0 Å². The van der Waals surface area contributed by atoms with Crippen molar-refractivity contribution in [2.45, 2.75) is 32.2 Å². The van der Waals surface area contributed by atoms with Crippen LogP contribution in [0.25, 0.3) is 0 Å². The van der Waals surface area contributed by atoms with Gasteiger partial charge in [0.2, 0.25) is 0 Å². The van der Waals surface area contributed by atoms with Gasteiger partial charge in [0.25, 0.3) is 0 Å². The minimum Gasteiger partial charge on any atom is -0.396 e. The minimum absolute atomic E-state index is 0.325. The van der Waals surface area contributed by atoms with Gasteiger partial charge in [-0.15, -0.1) is 0 Å². The zero-order chi connectivity index (χ0) is 11.4. The first-order valence-corrected chi connectivity index (χ1v) is 6.20. The fourth-order valence-corrected chi connectivity index (χ4v) is 2.46. The summed E-state index contributed by atoms with van der Waals surface area (Å²) in [7, 11) is 0. The molecule has 1 fully saturated rings. The van der Waals surface area contributed by atoms with Crippen molar-refractivity contribution in [3.05, 3.63) is 35.4 Å². The first-order valence-electron chi connectivity index (χ1n) is 6.20. The first kappa shape index (κ1) is 11.6. The Morgan fingerprint density at radius 2 is 2.06 bits per heavy atom. The Morgan fingerprint density at radius 3 is 2.75 bits per heavy atom. The van der Waals surface area contributed by atoms with Crippen molar-refractivity contribution in [1.82, 2.24) is 5.32 Å². The molecule has 88 valence electrons. The van der Waals surface area contributed by atoms with E-state index < -0.39 is 0 Å². The molecular formula is C14H21NO. The molecule has 2 unspecified atom stereocenters. The summed E-state index contributed by atoms with van der Waals surface area (Å²) in [6, 6.07) is 9.32. The predicted octanol–water partition coefficient (Wildman–Crippen LogP) is 2.42. The minimum atomic E-state index is 0.325. The van der Waals surface area contributed by atoms with Crippen molar-refractivity contribution in [3.8, 4) is 0 Å². The topological polar surface area (TPSA) is 32.3 Å². The average Bonchev–Trinajstić information content (AvgIpc) is 2.76. The molecular weight excluding hydrogens is 198 g/mol. The van der Waals surface area contributed by atoms with Crippen LogP contribution in [0.1, 0.15) is 36.4 Å². The largest absolute Gasteiger partial charge is 0.396 e. The van der Waals surface area contributed by atoms with E-state index in [0.717, 1.165) is 25.3 Å². The lowest BCUT2D eigenvalue weighted by Crippen LogP contribution is -2.13. The highest BCUT2D eigenvalue weighted by Gasteiger charge is 2.24. The van der Waals surface area contributed by atoms with E-state index in [1.54, 1.807) is 0 Å². The molecule has 0 amide bonds. The lowest BCUT2D eigenvalue weighted by molar-refractivity contribution is 0.273. The van der Waals surface area contributed by atoms with E-state index in [-0.39, 0.29) is 0 Å². The van der Waals surface area contributed by atoms with Crippen molar-refractivity contribution in [3.63, 3.8) is 0 Å². The number of hydrogen-bond donors (Lipinski definition) is 2. The smallest absolute Gasteiger partial charge is 0.0431 e. The molecule has 2 atom stereocenters. The molecule has 1 aliphatic heterocycles. The second-order valence-electron chi connectivity index (χ2n) is 4.84. The molecule has 16 heavy (non-hydrogen) atoms. The summed E-state index contributed by atoms with van der Waals surface area (Å²) in [5.41, 5.74) is 2.72. The van der Waals surface area contributed by atoms with Gasteiger partial charge in [-0.2, -0.15) is 0 Å². The second kappa shape index (κ2) is 5.46. The summed E-state index contributed by atoms with van der Waals surface area (Å²) < 4.78 is 0. The molecule has 0 aromatic heterocycles. The van der Waals surface area contributed by atoms with Crippen LogP contribution in [0.5, 0.6) is 0 Å². The molecule has 0 spiro atoms. The quantitative estimate of drug-likeness (QED) is 0.815. The van der Waals surface area contributed by atoms with Gasteiger partial charge >= 0.3 is 0 Å². The Hall–Kier alpha value is -0.860. The first-order chi connectivity index (χ1) is 7.79. The Kier molecular flexibility index (Phi) is 3.97. The summed E-state index contributed by atoms with van der Waals surface area (Å²) in [6.07, 6.45) is 3.29. The van der Waals surface area contributed by atoms with Crippen LogP contribution >= 0.6 is 0 Å². The molecule has 2 rings (SSSR count). The van der Waals surface area contributed by atoms with Crippen molar-refractivity contribution in [2.75, 3.05) is 13.2 Å². The van der Waals surface area contributed by atoms with Crippen LogP contribution < -0.4 is 5.32 Å². The maximum Gasteiger partial charge on any atom is 0.0431 e. The van der Waals surface area contributed by atoms with E-state index >= 15 is 0 Å². The third-order valence-electron chi connectivity index (χ3n) is 3.47. The molecule has 0 saturated carbocycles. The Balaban J connectivity index is 1.90. The summed E-state index contributed by atoms with van der Waals surface area (Å²) in [6.45, 7) is 3.54. The number of rotatable bonds is 4. The van der Waals surface area contributed by atoms with Gasteiger partial charge in [-0.05, 0) is 44.2 Å². The molecule has 0 radical (unpaired) electrons. The van der Waals surface area contributed by atoms with Crippen molar-refractivity contribution < 1.29 is 5.11 Å². The molecule has 1 heterocycles. The number of aliphatic hydroxyl groups excluding tert-OH is 1. The van der Waals surface area contributed by atoms with E-state index in [9.17, 15) is 0 Å². The Labute approximate surface area is 97.7 Å².